The van der Waals surface area contributed by atoms with E-state index in [0.717, 1.165) is 35.0 Å². The molecule has 0 spiro atoms. The Kier molecular flexibility index (Phi) is 4.85. The molecule has 1 atom stereocenters. The molecule has 1 heterocycles. The van der Waals surface area contributed by atoms with Crippen LogP contribution in [0.25, 0.3) is 0 Å². The molecule has 1 aromatic carbocycles. The van der Waals surface area contributed by atoms with E-state index in [2.05, 4.69) is 23.4 Å². The molecule has 114 valence electrons. The molecule has 0 aliphatic heterocycles. The third kappa shape index (κ3) is 2.88. The van der Waals surface area contributed by atoms with Gasteiger partial charge in [-0.25, -0.2) is 0 Å². The summed E-state index contributed by atoms with van der Waals surface area (Å²) in [7, 11) is 5.28. The lowest BCUT2D eigenvalue weighted by Gasteiger charge is -2.22. The number of aryl methyl sites for hydroxylation is 2. The highest BCUT2D eigenvalue weighted by Crippen LogP contribution is 2.37. The fourth-order valence-electron chi connectivity index (χ4n) is 2.66. The predicted molar refractivity (Wildman–Crippen MR) is 83.1 cm³/mol. The summed E-state index contributed by atoms with van der Waals surface area (Å²) in [6, 6.07) is 7.87. The second kappa shape index (κ2) is 6.63. The van der Waals surface area contributed by atoms with Crippen molar-refractivity contribution in [2.75, 3.05) is 21.3 Å². The van der Waals surface area contributed by atoms with Crippen molar-refractivity contribution in [1.29, 1.82) is 0 Å². The zero-order valence-electron chi connectivity index (χ0n) is 13.3. The maximum absolute atomic E-state index is 5.52. The number of hydrogen-bond donors (Lipinski definition) is 1. The Hall–Kier alpha value is -2.01. The topological polar surface area (TPSA) is 48.3 Å². The number of ether oxygens (including phenoxy) is 2. The monoisotopic (exact) mass is 289 g/mol. The van der Waals surface area contributed by atoms with Crippen LogP contribution in [0.1, 0.15) is 29.9 Å². The minimum atomic E-state index is -0.0442. The Balaban J connectivity index is 2.60. The van der Waals surface area contributed by atoms with Crippen molar-refractivity contribution in [2.24, 2.45) is 0 Å². The SMILES string of the molecule is CCn1nc(C)cc1C(NC)c1c(OC)cccc1OC. The zero-order chi connectivity index (χ0) is 15.4. The molecule has 5 nitrogen and oxygen atoms in total. The third-order valence-electron chi connectivity index (χ3n) is 3.57. The lowest BCUT2D eigenvalue weighted by atomic mass is 10.0. The Morgan fingerprint density at radius 1 is 1.24 bits per heavy atom. The maximum atomic E-state index is 5.52. The summed E-state index contributed by atoms with van der Waals surface area (Å²) in [4.78, 5) is 0. The summed E-state index contributed by atoms with van der Waals surface area (Å²) >= 11 is 0. The minimum absolute atomic E-state index is 0.0442. The summed E-state index contributed by atoms with van der Waals surface area (Å²) in [5.41, 5.74) is 3.08. The van der Waals surface area contributed by atoms with Crippen LogP contribution in [0.3, 0.4) is 0 Å². The first-order chi connectivity index (χ1) is 10.2. The van der Waals surface area contributed by atoms with Gasteiger partial charge < -0.3 is 14.8 Å². The normalized spacial score (nSPS) is 12.2. The summed E-state index contributed by atoms with van der Waals surface area (Å²) in [5.74, 6) is 1.60. The van der Waals surface area contributed by atoms with Gasteiger partial charge in [0.25, 0.3) is 0 Å². The lowest BCUT2D eigenvalue weighted by molar-refractivity contribution is 0.376. The van der Waals surface area contributed by atoms with Gasteiger partial charge in [-0.15, -0.1) is 0 Å². The molecule has 21 heavy (non-hydrogen) atoms. The molecule has 1 unspecified atom stereocenters. The molecule has 2 rings (SSSR count). The highest BCUT2D eigenvalue weighted by Gasteiger charge is 2.24. The van der Waals surface area contributed by atoms with Gasteiger partial charge in [0.15, 0.2) is 0 Å². The first kappa shape index (κ1) is 15.4. The molecule has 0 saturated carbocycles. The lowest BCUT2D eigenvalue weighted by Crippen LogP contribution is -2.22. The van der Waals surface area contributed by atoms with Gasteiger partial charge in [-0.05, 0) is 39.1 Å². The first-order valence-corrected chi connectivity index (χ1v) is 7.08. The van der Waals surface area contributed by atoms with Crippen LogP contribution in [0.4, 0.5) is 0 Å². The van der Waals surface area contributed by atoms with E-state index in [9.17, 15) is 0 Å². The van der Waals surface area contributed by atoms with Gasteiger partial charge in [-0.2, -0.15) is 5.10 Å². The highest BCUT2D eigenvalue weighted by molar-refractivity contribution is 5.49. The van der Waals surface area contributed by atoms with Crippen LogP contribution >= 0.6 is 0 Å². The second-order valence-electron chi connectivity index (χ2n) is 4.82. The molecule has 0 amide bonds. The van der Waals surface area contributed by atoms with E-state index in [1.165, 1.54) is 0 Å². The van der Waals surface area contributed by atoms with E-state index in [-0.39, 0.29) is 6.04 Å². The number of rotatable bonds is 6. The fourth-order valence-corrected chi connectivity index (χ4v) is 2.66. The van der Waals surface area contributed by atoms with Crippen LogP contribution in [0.2, 0.25) is 0 Å². The number of aromatic nitrogens is 2. The summed E-state index contributed by atoms with van der Waals surface area (Å²) in [6.07, 6.45) is 0. The molecule has 0 saturated heterocycles. The molecule has 0 aliphatic carbocycles. The van der Waals surface area contributed by atoms with Crippen LogP contribution in [0, 0.1) is 6.92 Å². The molecule has 0 aliphatic rings. The quantitative estimate of drug-likeness (QED) is 0.888. The van der Waals surface area contributed by atoms with Crippen molar-refractivity contribution < 1.29 is 9.47 Å². The standard InChI is InChI=1S/C16H23N3O2/c1-6-19-12(10-11(2)18-19)16(17-3)15-13(20-4)8-7-9-14(15)21-5/h7-10,16-17H,6H2,1-5H3. The van der Waals surface area contributed by atoms with Crippen molar-refractivity contribution in [1.82, 2.24) is 15.1 Å². The van der Waals surface area contributed by atoms with E-state index >= 15 is 0 Å². The van der Waals surface area contributed by atoms with Crippen molar-refractivity contribution in [3.8, 4) is 11.5 Å². The Bertz CT molecular complexity index is 585. The minimum Gasteiger partial charge on any atom is -0.496 e. The highest BCUT2D eigenvalue weighted by atomic mass is 16.5. The van der Waals surface area contributed by atoms with Gasteiger partial charge in [0.05, 0.1) is 37.2 Å². The van der Waals surface area contributed by atoms with Crippen LogP contribution in [0.5, 0.6) is 11.5 Å². The summed E-state index contributed by atoms with van der Waals surface area (Å²) in [6.45, 7) is 4.91. The van der Waals surface area contributed by atoms with Gasteiger partial charge in [0.1, 0.15) is 11.5 Å². The predicted octanol–water partition coefficient (Wildman–Crippen LogP) is 2.54. The molecule has 0 radical (unpaired) electrons. The Morgan fingerprint density at radius 2 is 1.86 bits per heavy atom. The molecule has 0 fully saturated rings. The number of nitrogens with one attached hydrogen (secondary N) is 1. The molecular formula is C16H23N3O2. The van der Waals surface area contributed by atoms with Gasteiger partial charge >= 0.3 is 0 Å². The van der Waals surface area contributed by atoms with Gasteiger partial charge in [-0.3, -0.25) is 4.68 Å². The summed E-state index contributed by atoms with van der Waals surface area (Å²) in [5, 5.41) is 7.88. The second-order valence-corrected chi connectivity index (χ2v) is 4.82. The van der Waals surface area contributed by atoms with Crippen LogP contribution in [0.15, 0.2) is 24.3 Å². The number of nitrogens with zero attached hydrogens (tertiary/aromatic N) is 2. The Morgan fingerprint density at radius 3 is 2.33 bits per heavy atom. The molecule has 1 aromatic heterocycles. The smallest absolute Gasteiger partial charge is 0.127 e. The van der Waals surface area contributed by atoms with Crippen molar-refractivity contribution >= 4 is 0 Å². The van der Waals surface area contributed by atoms with Crippen LogP contribution in [-0.2, 0) is 6.54 Å². The first-order valence-electron chi connectivity index (χ1n) is 7.08. The largest absolute Gasteiger partial charge is 0.496 e. The van der Waals surface area contributed by atoms with Crippen molar-refractivity contribution in [2.45, 2.75) is 26.4 Å². The molecule has 1 N–H and O–H groups in total. The third-order valence-corrected chi connectivity index (χ3v) is 3.57. The average molecular weight is 289 g/mol. The van der Waals surface area contributed by atoms with Crippen molar-refractivity contribution in [3.05, 3.63) is 41.2 Å². The van der Waals surface area contributed by atoms with Crippen LogP contribution < -0.4 is 14.8 Å². The molecule has 0 bridgehead atoms. The van der Waals surface area contributed by atoms with E-state index < -0.39 is 0 Å². The fraction of sp³-hybridized carbons (Fsp3) is 0.438. The van der Waals surface area contributed by atoms with E-state index in [1.54, 1.807) is 14.2 Å². The van der Waals surface area contributed by atoms with Crippen molar-refractivity contribution in [3.63, 3.8) is 0 Å². The van der Waals surface area contributed by atoms with Crippen LogP contribution in [-0.4, -0.2) is 31.0 Å². The molecule has 2 aromatic rings. The number of methoxy groups -OCH3 is 2. The zero-order valence-corrected chi connectivity index (χ0v) is 13.3. The average Bonchev–Trinajstić information content (AvgIpc) is 2.89. The van der Waals surface area contributed by atoms with Gasteiger partial charge in [-0.1, -0.05) is 6.07 Å². The van der Waals surface area contributed by atoms with E-state index in [1.807, 2.05) is 36.9 Å². The molecular weight excluding hydrogens is 266 g/mol. The van der Waals surface area contributed by atoms with E-state index in [4.69, 9.17) is 9.47 Å². The summed E-state index contributed by atoms with van der Waals surface area (Å²) < 4.78 is 13.0. The van der Waals surface area contributed by atoms with E-state index in [0.29, 0.717) is 0 Å². The maximum Gasteiger partial charge on any atom is 0.127 e. The number of hydrogen-bond acceptors (Lipinski definition) is 4. The molecule has 5 heteroatoms. The number of benzene rings is 1. The van der Waals surface area contributed by atoms with Gasteiger partial charge in [0, 0.05) is 6.54 Å². The van der Waals surface area contributed by atoms with Gasteiger partial charge in [0.2, 0.25) is 0 Å². The Labute approximate surface area is 125 Å².